The first-order valence-electron chi connectivity index (χ1n) is 6.44. The third-order valence-corrected chi connectivity index (χ3v) is 3.10. The molecule has 0 spiro atoms. The average molecular weight is 268 g/mol. The van der Waals surface area contributed by atoms with Gasteiger partial charge in [-0.15, -0.1) is 11.6 Å². The Hall–Kier alpha value is -1.02. The van der Waals surface area contributed by atoms with Crippen molar-refractivity contribution in [2.24, 2.45) is 0 Å². The van der Waals surface area contributed by atoms with Crippen molar-refractivity contribution >= 4 is 17.5 Å². The van der Waals surface area contributed by atoms with Gasteiger partial charge in [-0.3, -0.25) is 4.79 Å². The first-order chi connectivity index (χ1) is 8.53. The molecule has 0 radical (unpaired) electrons. The van der Waals surface area contributed by atoms with Crippen molar-refractivity contribution in [1.29, 1.82) is 0 Å². The molecule has 100 valence electrons. The molecule has 0 heterocycles. The fourth-order valence-electron chi connectivity index (χ4n) is 1.84. The van der Waals surface area contributed by atoms with E-state index in [1.54, 1.807) is 0 Å². The van der Waals surface area contributed by atoms with Crippen LogP contribution in [0.4, 0.5) is 0 Å². The van der Waals surface area contributed by atoms with Crippen LogP contribution in [0.25, 0.3) is 0 Å². The standard InChI is InChI=1S/C15H22ClNO/c1-15(2,11-12-16)17-14(18)10-6-9-13-7-4-3-5-8-13/h3-5,7-8H,6,9-12H2,1-2H3,(H,17,18). The lowest BCUT2D eigenvalue weighted by atomic mass is 10.0. The Bertz CT molecular complexity index is 362. The van der Waals surface area contributed by atoms with E-state index in [1.807, 2.05) is 32.0 Å². The molecule has 0 fully saturated rings. The number of hydrogen-bond donors (Lipinski definition) is 1. The number of nitrogens with one attached hydrogen (secondary N) is 1. The van der Waals surface area contributed by atoms with Crippen molar-refractivity contribution in [3.63, 3.8) is 0 Å². The molecule has 0 aliphatic rings. The van der Waals surface area contributed by atoms with Gasteiger partial charge < -0.3 is 5.32 Å². The molecule has 1 rings (SSSR count). The van der Waals surface area contributed by atoms with E-state index in [9.17, 15) is 4.79 Å². The number of carbonyl (C=O) groups excluding carboxylic acids is 1. The molecular weight excluding hydrogens is 246 g/mol. The van der Waals surface area contributed by atoms with Gasteiger partial charge in [-0.25, -0.2) is 0 Å². The smallest absolute Gasteiger partial charge is 0.220 e. The Labute approximate surface area is 115 Å². The van der Waals surface area contributed by atoms with Crippen LogP contribution in [0, 0.1) is 0 Å². The normalized spacial score (nSPS) is 11.3. The zero-order valence-electron chi connectivity index (χ0n) is 11.2. The van der Waals surface area contributed by atoms with E-state index in [1.165, 1.54) is 5.56 Å². The summed E-state index contributed by atoms with van der Waals surface area (Å²) in [6.45, 7) is 4.01. The molecule has 0 aliphatic carbocycles. The van der Waals surface area contributed by atoms with Crippen molar-refractivity contribution in [1.82, 2.24) is 5.32 Å². The Morgan fingerprint density at radius 1 is 1.28 bits per heavy atom. The van der Waals surface area contributed by atoms with Crippen molar-refractivity contribution in [2.75, 3.05) is 5.88 Å². The summed E-state index contributed by atoms with van der Waals surface area (Å²) in [6.07, 6.45) is 3.19. The van der Waals surface area contributed by atoms with Gasteiger partial charge in [0.25, 0.3) is 0 Å². The SMILES string of the molecule is CC(C)(CCCl)NC(=O)CCCc1ccccc1. The summed E-state index contributed by atoms with van der Waals surface area (Å²) in [5, 5.41) is 3.02. The van der Waals surface area contributed by atoms with Crippen LogP contribution in [0.3, 0.4) is 0 Å². The lowest BCUT2D eigenvalue weighted by Gasteiger charge is -2.25. The third kappa shape index (κ3) is 6.06. The van der Waals surface area contributed by atoms with Gasteiger partial charge in [0, 0.05) is 17.8 Å². The first-order valence-corrected chi connectivity index (χ1v) is 6.98. The molecular formula is C15H22ClNO. The van der Waals surface area contributed by atoms with E-state index in [0.29, 0.717) is 12.3 Å². The number of aryl methyl sites for hydroxylation is 1. The Morgan fingerprint density at radius 2 is 1.94 bits per heavy atom. The zero-order valence-corrected chi connectivity index (χ0v) is 12.0. The Balaban J connectivity index is 2.25. The van der Waals surface area contributed by atoms with Gasteiger partial charge in [-0.05, 0) is 38.7 Å². The largest absolute Gasteiger partial charge is 0.351 e. The van der Waals surface area contributed by atoms with Crippen LogP contribution in [-0.4, -0.2) is 17.3 Å². The Kier molecular flexibility index (Phi) is 6.20. The minimum Gasteiger partial charge on any atom is -0.351 e. The van der Waals surface area contributed by atoms with Crippen LogP contribution in [0.2, 0.25) is 0 Å². The molecule has 1 aromatic rings. The highest BCUT2D eigenvalue weighted by Gasteiger charge is 2.18. The number of rotatable bonds is 7. The van der Waals surface area contributed by atoms with Gasteiger partial charge in [0.1, 0.15) is 0 Å². The van der Waals surface area contributed by atoms with Crippen LogP contribution >= 0.6 is 11.6 Å². The van der Waals surface area contributed by atoms with E-state index in [0.717, 1.165) is 19.3 Å². The number of halogens is 1. The summed E-state index contributed by atoms with van der Waals surface area (Å²) in [6, 6.07) is 10.2. The lowest BCUT2D eigenvalue weighted by molar-refractivity contribution is -0.122. The number of alkyl halides is 1. The molecule has 0 unspecified atom stereocenters. The molecule has 1 aromatic carbocycles. The maximum Gasteiger partial charge on any atom is 0.220 e. The van der Waals surface area contributed by atoms with Crippen LogP contribution in [-0.2, 0) is 11.2 Å². The van der Waals surface area contributed by atoms with Gasteiger partial charge in [0.05, 0.1) is 0 Å². The maximum atomic E-state index is 11.8. The number of carbonyl (C=O) groups is 1. The predicted octanol–water partition coefficient (Wildman–Crippen LogP) is 3.53. The van der Waals surface area contributed by atoms with Gasteiger partial charge in [-0.1, -0.05) is 30.3 Å². The van der Waals surface area contributed by atoms with E-state index in [2.05, 4.69) is 17.4 Å². The molecule has 0 atom stereocenters. The molecule has 0 aromatic heterocycles. The first kappa shape index (κ1) is 15.0. The second-order valence-electron chi connectivity index (χ2n) is 5.21. The molecule has 1 N–H and O–H groups in total. The second-order valence-corrected chi connectivity index (χ2v) is 5.59. The van der Waals surface area contributed by atoms with Crippen LogP contribution < -0.4 is 5.32 Å². The number of hydrogen-bond acceptors (Lipinski definition) is 1. The molecule has 1 amide bonds. The van der Waals surface area contributed by atoms with Gasteiger partial charge in [0.2, 0.25) is 5.91 Å². The zero-order chi connectivity index (χ0) is 13.4. The van der Waals surface area contributed by atoms with Gasteiger partial charge in [0.15, 0.2) is 0 Å². The topological polar surface area (TPSA) is 29.1 Å². The summed E-state index contributed by atoms with van der Waals surface area (Å²) >= 11 is 5.70. The van der Waals surface area contributed by atoms with Crippen molar-refractivity contribution in [3.05, 3.63) is 35.9 Å². The highest BCUT2D eigenvalue weighted by atomic mass is 35.5. The number of amides is 1. The molecule has 0 saturated heterocycles. The molecule has 0 aliphatic heterocycles. The highest BCUT2D eigenvalue weighted by molar-refractivity contribution is 6.17. The van der Waals surface area contributed by atoms with E-state index < -0.39 is 0 Å². The second kappa shape index (κ2) is 7.42. The van der Waals surface area contributed by atoms with Crippen LogP contribution in [0.5, 0.6) is 0 Å². The van der Waals surface area contributed by atoms with E-state index >= 15 is 0 Å². The van der Waals surface area contributed by atoms with Crippen molar-refractivity contribution in [2.45, 2.75) is 45.1 Å². The number of benzene rings is 1. The summed E-state index contributed by atoms with van der Waals surface area (Å²) in [5.41, 5.74) is 1.08. The fraction of sp³-hybridized carbons (Fsp3) is 0.533. The molecule has 18 heavy (non-hydrogen) atoms. The van der Waals surface area contributed by atoms with Gasteiger partial charge >= 0.3 is 0 Å². The average Bonchev–Trinajstić information content (AvgIpc) is 2.29. The fourth-order valence-corrected chi connectivity index (χ4v) is 2.31. The van der Waals surface area contributed by atoms with Crippen molar-refractivity contribution < 1.29 is 4.79 Å². The predicted molar refractivity (Wildman–Crippen MR) is 76.9 cm³/mol. The quantitative estimate of drug-likeness (QED) is 0.753. The highest BCUT2D eigenvalue weighted by Crippen LogP contribution is 2.10. The maximum absolute atomic E-state index is 11.8. The minimum absolute atomic E-state index is 0.112. The molecule has 2 nitrogen and oxygen atoms in total. The van der Waals surface area contributed by atoms with Crippen molar-refractivity contribution in [3.8, 4) is 0 Å². The molecule has 0 saturated carbocycles. The molecule has 3 heteroatoms. The minimum atomic E-state index is -0.203. The summed E-state index contributed by atoms with van der Waals surface area (Å²) in [7, 11) is 0. The Morgan fingerprint density at radius 3 is 2.56 bits per heavy atom. The van der Waals surface area contributed by atoms with Crippen LogP contribution in [0.1, 0.15) is 38.7 Å². The lowest BCUT2D eigenvalue weighted by Crippen LogP contribution is -2.43. The summed E-state index contributed by atoms with van der Waals surface area (Å²) < 4.78 is 0. The van der Waals surface area contributed by atoms with Crippen LogP contribution in [0.15, 0.2) is 30.3 Å². The van der Waals surface area contributed by atoms with E-state index in [-0.39, 0.29) is 11.4 Å². The van der Waals surface area contributed by atoms with Gasteiger partial charge in [-0.2, -0.15) is 0 Å². The summed E-state index contributed by atoms with van der Waals surface area (Å²) in [5.74, 6) is 0.679. The van der Waals surface area contributed by atoms with E-state index in [4.69, 9.17) is 11.6 Å². The molecule has 0 bridgehead atoms. The third-order valence-electron chi connectivity index (χ3n) is 2.91. The monoisotopic (exact) mass is 267 g/mol. The summed E-state index contributed by atoms with van der Waals surface area (Å²) in [4.78, 5) is 11.8.